The Morgan fingerprint density at radius 1 is 1.02 bits per heavy atom. The minimum absolute atomic E-state index is 0.0325. The number of rotatable bonds is 7. The van der Waals surface area contributed by atoms with E-state index >= 15 is 0 Å². The number of carbonyl (C=O) groups excluding carboxylic acids is 2. The number of hydrogen-bond donors (Lipinski definition) is 2. The summed E-state index contributed by atoms with van der Waals surface area (Å²) in [5.74, 6) is 0.483. The van der Waals surface area contributed by atoms with Crippen LogP contribution in [0.5, 0.6) is 11.6 Å². The van der Waals surface area contributed by atoms with Crippen molar-refractivity contribution in [2.75, 3.05) is 23.7 Å². The van der Waals surface area contributed by atoms with Gasteiger partial charge in [0.2, 0.25) is 17.7 Å². The first-order valence-electron chi connectivity index (χ1n) is 15.2. The summed E-state index contributed by atoms with van der Waals surface area (Å²) >= 11 is 0. The molecular weight excluding hydrogens is 575 g/mol. The fraction of sp³-hybridized carbons (Fsp3) is 0.382. The second-order valence-electron chi connectivity index (χ2n) is 12.6. The lowest BCUT2D eigenvalue weighted by molar-refractivity contribution is -0.117. The molecule has 1 aliphatic carbocycles. The van der Waals surface area contributed by atoms with Gasteiger partial charge in [0.25, 0.3) is 0 Å². The summed E-state index contributed by atoms with van der Waals surface area (Å²) in [6, 6.07) is 14.9. The third-order valence-corrected chi connectivity index (χ3v) is 7.82. The van der Waals surface area contributed by atoms with E-state index in [0.717, 1.165) is 29.2 Å². The molecule has 1 saturated heterocycles. The van der Waals surface area contributed by atoms with Crippen molar-refractivity contribution in [2.45, 2.75) is 64.8 Å². The fourth-order valence-electron chi connectivity index (χ4n) is 5.46. The molecule has 1 aliphatic heterocycles. The van der Waals surface area contributed by atoms with Gasteiger partial charge in [-0.15, -0.1) is 0 Å². The SMILES string of the molecule is Cc1ccc2c(NC(=O)[C@@H]3C[C@H]3F)cccc2c1Oc1ncccc1-c1ccnc(NC2CCCN(C(=O)OC(C)(C)C)C2)n1. The number of ether oxygens (including phenoxy) is 2. The van der Waals surface area contributed by atoms with Gasteiger partial charge in [0.15, 0.2) is 0 Å². The number of anilines is 2. The van der Waals surface area contributed by atoms with Gasteiger partial charge in [-0.3, -0.25) is 4.79 Å². The molecule has 4 aromatic rings. The van der Waals surface area contributed by atoms with Crippen LogP contribution >= 0.6 is 0 Å². The quantitative estimate of drug-likeness (QED) is 0.231. The summed E-state index contributed by atoms with van der Waals surface area (Å²) in [5.41, 5.74) is 2.21. The van der Waals surface area contributed by atoms with Gasteiger partial charge < -0.3 is 25.0 Å². The van der Waals surface area contributed by atoms with Crippen LogP contribution in [0.2, 0.25) is 0 Å². The molecule has 6 rings (SSSR count). The van der Waals surface area contributed by atoms with Crippen molar-refractivity contribution in [2.24, 2.45) is 5.92 Å². The highest BCUT2D eigenvalue weighted by Crippen LogP contribution is 2.40. The first-order valence-corrected chi connectivity index (χ1v) is 15.2. The van der Waals surface area contributed by atoms with Crippen LogP contribution in [0.1, 0.15) is 45.6 Å². The maximum Gasteiger partial charge on any atom is 0.410 e. The predicted octanol–water partition coefficient (Wildman–Crippen LogP) is 6.90. The van der Waals surface area contributed by atoms with Crippen molar-refractivity contribution in [3.8, 4) is 22.9 Å². The van der Waals surface area contributed by atoms with Gasteiger partial charge in [-0.1, -0.05) is 24.3 Å². The molecule has 2 N–H and O–H groups in total. The van der Waals surface area contributed by atoms with Crippen LogP contribution in [0.15, 0.2) is 60.9 Å². The number of halogens is 1. The highest BCUT2D eigenvalue weighted by atomic mass is 19.1. The largest absolute Gasteiger partial charge is 0.444 e. The molecule has 1 saturated carbocycles. The number of nitrogens with one attached hydrogen (secondary N) is 2. The van der Waals surface area contributed by atoms with Gasteiger partial charge in [0.05, 0.1) is 17.2 Å². The van der Waals surface area contributed by atoms with E-state index < -0.39 is 17.7 Å². The van der Waals surface area contributed by atoms with Crippen molar-refractivity contribution >= 4 is 34.4 Å². The zero-order valence-corrected chi connectivity index (χ0v) is 25.8. The third-order valence-electron chi connectivity index (χ3n) is 7.82. The van der Waals surface area contributed by atoms with Crippen molar-refractivity contribution in [1.82, 2.24) is 19.9 Å². The molecular formula is C34H37FN6O4. The predicted molar refractivity (Wildman–Crippen MR) is 170 cm³/mol. The summed E-state index contributed by atoms with van der Waals surface area (Å²) in [4.78, 5) is 40.6. The van der Waals surface area contributed by atoms with Gasteiger partial charge in [-0.05, 0) is 76.8 Å². The minimum Gasteiger partial charge on any atom is -0.444 e. The van der Waals surface area contributed by atoms with Crippen LogP contribution in [-0.4, -0.2) is 62.8 Å². The van der Waals surface area contributed by atoms with Crippen LogP contribution in [0.4, 0.5) is 20.8 Å². The number of carbonyl (C=O) groups is 2. The molecule has 0 bridgehead atoms. The molecule has 234 valence electrons. The fourth-order valence-corrected chi connectivity index (χ4v) is 5.46. The van der Waals surface area contributed by atoms with Crippen molar-refractivity contribution in [3.63, 3.8) is 0 Å². The van der Waals surface area contributed by atoms with Crippen molar-refractivity contribution < 1.29 is 23.5 Å². The number of likely N-dealkylation sites (tertiary alicyclic amines) is 1. The number of aryl methyl sites for hydroxylation is 1. The van der Waals surface area contributed by atoms with Gasteiger partial charge >= 0.3 is 6.09 Å². The Balaban J connectivity index is 1.23. The zero-order chi connectivity index (χ0) is 31.7. The van der Waals surface area contributed by atoms with E-state index in [9.17, 15) is 14.0 Å². The summed E-state index contributed by atoms with van der Waals surface area (Å²) in [6.45, 7) is 8.65. The number of piperidine rings is 1. The lowest BCUT2D eigenvalue weighted by atomic mass is 10.0. The molecule has 2 fully saturated rings. The summed E-state index contributed by atoms with van der Waals surface area (Å²) in [7, 11) is 0. The Morgan fingerprint density at radius 2 is 1.84 bits per heavy atom. The third kappa shape index (κ3) is 6.97. The van der Waals surface area contributed by atoms with E-state index in [-0.39, 0.29) is 24.5 Å². The minimum atomic E-state index is -1.07. The van der Waals surface area contributed by atoms with E-state index in [1.54, 1.807) is 29.4 Å². The monoisotopic (exact) mass is 612 g/mol. The van der Waals surface area contributed by atoms with Crippen LogP contribution in [-0.2, 0) is 9.53 Å². The number of amides is 2. The molecule has 2 amide bonds. The van der Waals surface area contributed by atoms with Gasteiger partial charge in [0, 0.05) is 48.0 Å². The van der Waals surface area contributed by atoms with E-state index in [2.05, 4.69) is 20.6 Å². The molecule has 1 unspecified atom stereocenters. The van der Waals surface area contributed by atoms with E-state index in [0.29, 0.717) is 47.6 Å². The number of nitrogens with zero attached hydrogens (tertiary/aromatic N) is 4. The first-order chi connectivity index (χ1) is 21.6. The molecule has 0 radical (unpaired) electrons. The number of hydrogen-bond acceptors (Lipinski definition) is 8. The molecule has 2 aromatic carbocycles. The van der Waals surface area contributed by atoms with Crippen molar-refractivity contribution in [3.05, 3.63) is 66.5 Å². The summed E-state index contributed by atoms with van der Waals surface area (Å²) in [6.07, 6.45) is 3.90. The highest BCUT2D eigenvalue weighted by Gasteiger charge is 2.43. The normalized spacial score (nSPS) is 19.6. The molecule has 3 atom stereocenters. The second kappa shape index (κ2) is 12.3. The maximum atomic E-state index is 13.5. The van der Waals surface area contributed by atoms with E-state index in [1.165, 1.54) is 0 Å². The van der Waals surface area contributed by atoms with E-state index in [1.807, 2.05) is 64.1 Å². The number of alkyl halides is 1. The standard InChI is InChI=1S/C34H37FN6O4/c1-20-12-13-22-23(9-5-11-27(22)39-30(42)25-18-26(25)35)29(20)44-31-24(10-6-15-36-31)28-14-16-37-32(40-28)38-21-8-7-17-41(19-21)33(43)45-34(2,3)4/h5-6,9-16,21,25-26H,7-8,17-19H2,1-4H3,(H,39,42)(H,37,38,40)/t21?,25-,26-/m1/s1. The Bertz CT molecular complexity index is 1740. The van der Waals surface area contributed by atoms with Crippen LogP contribution in [0.25, 0.3) is 22.0 Å². The molecule has 10 nitrogen and oxygen atoms in total. The molecule has 2 aromatic heterocycles. The maximum absolute atomic E-state index is 13.5. The summed E-state index contributed by atoms with van der Waals surface area (Å²) < 4.78 is 25.6. The topological polar surface area (TPSA) is 119 Å². The average molecular weight is 613 g/mol. The lowest BCUT2D eigenvalue weighted by Crippen LogP contribution is -2.47. The molecule has 3 heterocycles. The van der Waals surface area contributed by atoms with Gasteiger partial charge in [-0.2, -0.15) is 0 Å². The Labute approximate surface area is 261 Å². The summed E-state index contributed by atoms with van der Waals surface area (Å²) in [5, 5.41) is 7.83. The molecule has 2 aliphatic rings. The number of aromatic nitrogens is 3. The molecule has 0 spiro atoms. The van der Waals surface area contributed by atoms with Gasteiger partial charge in [0.1, 0.15) is 17.5 Å². The number of pyridine rings is 1. The van der Waals surface area contributed by atoms with E-state index in [4.69, 9.17) is 14.5 Å². The van der Waals surface area contributed by atoms with Crippen LogP contribution < -0.4 is 15.4 Å². The Morgan fingerprint density at radius 3 is 2.62 bits per heavy atom. The first kappa shape index (κ1) is 30.2. The lowest BCUT2D eigenvalue weighted by Gasteiger charge is -2.34. The van der Waals surface area contributed by atoms with Crippen LogP contribution in [0.3, 0.4) is 0 Å². The second-order valence-corrected chi connectivity index (χ2v) is 12.6. The molecule has 45 heavy (non-hydrogen) atoms. The Kier molecular flexibility index (Phi) is 8.26. The zero-order valence-electron chi connectivity index (χ0n) is 25.8. The number of fused-ring (bicyclic) bond motifs is 1. The Hall–Kier alpha value is -4.80. The van der Waals surface area contributed by atoms with Crippen LogP contribution in [0, 0.1) is 12.8 Å². The smallest absolute Gasteiger partial charge is 0.410 e. The number of benzene rings is 2. The van der Waals surface area contributed by atoms with Gasteiger partial charge in [-0.25, -0.2) is 24.1 Å². The molecule has 11 heteroatoms. The highest BCUT2D eigenvalue weighted by molar-refractivity contribution is 6.05. The van der Waals surface area contributed by atoms with Crippen molar-refractivity contribution in [1.29, 1.82) is 0 Å². The average Bonchev–Trinajstić information content (AvgIpc) is 3.75.